The van der Waals surface area contributed by atoms with E-state index in [0.717, 1.165) is 11.4 Å². The zero-order valence-corrected chi connectivity index (χ0v) is 10.0. The Morgan fingerprint density at radius 1 is 1.07 bits per heavy atom. The summed E-state index contributed by atoms with van der Waals surface area (Å²) in [6, 6.07) is 8.47. The number of hydrogen-bond donors (Lipinski definition) is 0. The SMILES string of the molecule is CC(C)(C)c1ccc(-c2ncsn2)cc1. The summed E-state index contributed by atoms with van der Waals surface area (Å²) < 4.78 is 4.21. The largest absolute Gasteiger partial charge is 0.223 e. The van der Waals surface area contributed by atoms with E-state index >= 15 is 0 Å². The molecule has 1 aromatic heterocycles. The maximum atomic E-state index is 4.21. The van der Waals surface area contributed by atoms with Crippen LogP contribution in [-0.4, -0.2) is 9.36 Å². The normalized spacial score (nSPS) is 11.7. The van der Waals surface area contributed by atoms with Crippen molar-refractivity contribution in [1.29, 1.82) is 0 Å². The molecule has 0 N–H and O–H groups in total. The third kappa shape index (κ3) is 2.23. The third-order valence-corrected chi connectivity index (χ3v) is 2.85. The van der Waals surface area contributed by atoms with E-state index in [-0.39, 0.29) is 5.41 Å². The molecule has 0 saturated heterocycles. The molecule has 0 radical (unpaired) electrons. The van der Waals surface area contributed by atoms with Crippen LogP contribution in [0.25, 0.3) is 11.4 Å². The summed E-state index contributed by atoms with van der Waals surface area (Å²) in [5.41, 5.74) is 4.38. The van der Waals surface area contributed by atoms with Gasteiger partial charge < -0.3 is 0 Å². The first-order chi connectivity index (χ1) is 7.07. The molecule has 0 aliphatic carbocycles. The minimum Gasteiger partial charge on any atom is -0.223 e. The fraction of sp³-hybridized carbons (Fsp3) is 0.333. The van der Waals surface area contributed by atoms with Crippen LogP contribution in [0, 0.1) is 0 Å². The van der Waals surface area contributed by atoms with Crippen LogP contribution in [0.15, 0.2) is 29.8 Å². The Morgan fingerprint density at radius 2 is 1.73 bits per heavy atom. The molecule has 0 fully saturated rings. The van der Waals surface area contributed by atoms with Crippen molar-refractivity contribution in [2.75, 3.05) is 0 Å². The topological polar surface area (TPSA) is 25.8 Å². The lowest BCUT2D eigenvalue weighted by molar-refractivity contribution is 0.590. The molecular weight excluding hydrogens is 204 g/mol. The highest BCUT2D eigenvalue weighted by molar-refractivity contribution is 7.03. The average Bonchev–Trinajstić information content (AvgIpc) is 2.69. The van der Waals surface area contributed by atoms with E-state index in [1.807, 2.05) is 0 Å². The van der Waals surface area contributed by atoms with Crippen molar-refractivity contribution in [1.82, 2.24) is 9.36 Å². The predicted molar refractivity (Wildman–Crippen MR) is 64.0 cm³/mol. The second kappa shape index (κ2) is 3.74. The van der Waals surface area contributed by atoms with Gasteiger partial charge >= 0.3 is 0 Å². The second-order valence-electron chi connectivity index (χ2n) is 4.58. The fourth-order valence-electron chi connectivity index (χ4n) is 1.42. The summed E-state index contributed by atoms with van der Waals surface area (Å²) in [4.78, 5) is 4.19. The van der Waals surface area contributed by atoms with Gasteiger partial charge in [-0.2, -0.15) is 4.37 Å². The van der Waals surface area contributed by atoms with Gasteiger partial charge in [-0.25, -0.2) is 4.98 Å². The van der Waals surface area contributed by atoms with Crippen molar-refractivity contribution < 1.29 is 0 Å². The summed E-state index contributed by atoms with van der Waals surface area (Å²) in [5.74, 6) is 0.820. The first kappa shape index (κ1) is 10.3. The highest BCUT2D eigenvalue weighted by atomic mass is 32.1. The van der Waals surface area contributed by atoms with E-state index in [0.29, 0.717) is 0 Å². The van der Waals surface area contributed by atoms with Gasteiger partial charge in [0.2, 0.25) is 0 Å². The zero-order chi connectivity index (χ0) is 10.9. The Bertz CT molecular complexity index is 424. The van der Waals surface area contributed by atoms with Crippen LogP contribution in [0.4, 0.5) is 0 Å². The molecule has 15 heavy (non-hydrogen) atoms. The van der Waals surface area contributed by atoms with E-state index in [1.54, 1.807) is 5.51 Å². The lowest BCUT2D eigenvalue weighted by atomic mass is 9.87. The fourth-order valence-corrected chi connectivity index (χ4v) is 1.86. The van der Waals surface area contributed by atoms with E-state index in [4.69, 9.17) is 0 Å². The number of aromatic nitrogens is 2. The molecule has 3 heteroatoms. The molecule has 0 atom stereocenters. The van der Waals surface area contributed by atoms with Crippen LogP contribution in [0.3, 0.4) is 0 Å². The summed E-state index contributed by atoms with van der Waals surface area (Å²) in [6.45, 7) is 6.63. The van der Waals surface area contributed by atoms with Gasteiger partial charge in [-0.1, -0.05) is 45.0 Å². The maximum absolute atomic E-state index is 4.21. The van der Waals surface area contributed by atoms with Crippen LogP contribution in [0.5, 0.6) is 0 Å². The third-order valence-electron chi connectivity index (χ3n) is 2.37. The summed E-state index contributed by atoms with van der Waals surface area (Å²) in [6.07, 6.45) is 0. The van der Waals surface area contributed by atoms with Gasteiger partial charge in [-0.15, -0.1) is 0 Å². The van der Waals surface area contributed by atoms with Gasteiger partial charge in [-0.05, 0) is 22.5 Å². The van der Waals surface area contributed by atoms with E-state index in [9.17, 15) is 0 Å². The molecule has 2 aromatic rings. The average molecular weight is 218 g/mol. The Balaban J connectivity index is 2.33. The zero-order valence-electron chi connectivity index (χ0n) is 9.19. The van der Waals surface area contributed by atoms with Gasteiger partial charge in [0.25, 0.3) is 0 Å². The molecule has 0 bridgehead atoms. The summed E-state index contributed by atoms with van der Waals surface area (Å²) in [7, 11) is 0. The van der Waals surface area contributed by atoms with E-state index in [1.165, 1.54) is 17.1 Å². The highest BCUT2D eigenvalue weighted by Crippen LogP contribution is 2.24. The van der Waals surface area contributed by atoms with Crippen molar-refractivity contribution in [2.24, 2.45) is 0 Å². The van der Waals surface area contributed by atoms with Crippen LogP contribution in [-0.2, 0) is 5.41 Å². The smallest absolute Gasteiger partial charge is 0.172 e. The molecule has 0 amide bonds. The Labute approximate surface area is 94.2 Å². The standard InChI is InChI=1S/C12H14N2S/c1-12(2,3)10-6-4-9(5-7-10)11-13-8-15-14-11/h4-8H,1-3H3. The van der Waals surface area contributed by atoms with Crippen molar-refractivity contribution >= 4 is 11.5 Å². The molecule has 1 heterocycles. The molecule has 2 nitrogen and oxygen atoms in total. The molecule has 0 saturated carbocycles. The van der Waals surface area contributed by atoms with Gasteiger partial charge in [-0.3, -0.25) is 0 Å². The number of rotatable bonds is 1. The van der Waals surface area contributed by atoms with Crippen LogP contribution in [0.2, 0.25) is 0 Å². The number of nitrogens with zero attached hydrogens (tertiary/aromatic N) is 2. The highest BCUT2D eigenvalue weighted by Gasteiger charge is 2.13. The van der Waals surface area contributed by atoms with Crippen LogP contribution < -0.4 is 0 Å². The molecule has 2 rings (SSSR count). The lowest BCUT2D eigenvalue weighted by Crippen LogP contribution is -2.10. The minimum atomic E-state index is 0.202. The summed E-state index contributed by atoms with van der Waals surface area (Å²) in [5, 5.41) is 0. The Morgan fingerprint density at radius 3 is 2.20 bits per heavy atom. The van der Waals surface area contributed by atoms with Gasteiger partial charge in [0, 0.05) is 5.56 Å². The monoisotopic (exact) mass is 218 g/mol. The predicted octanol–water partition coefficient (Wildman–Crippen LogP) is 3.50. The van der Waals surface area contributed by atoms with Gasteiger partial charge in [0.05, 0.1) is 0 Å². The molecule has 0 aliphatic rings. The van der Waals surface area contributed by atoms with Crippen molar-refractivity contribution in [3.63, 3.8) is 0 Å². The van der Waals surface area contributed by atoms with Gasteiger partial charge in [0.1, 0.15) is 5.51 Å². The van der Waals surface area contributed by atoms with Crippen molar-refractivity contribution in [3.05, 3.63) is 35.3 Å². The molecule has 0 aliphatic heterocycles. The molecule has 0 unspecified atom stereocenters. The molecule has 0 spiro atoms. The second-order valence-corrected chi connectivity index (χ2v) is 5.19. The van der Waals surface area contributed by atoms with E-state index < -0.39 is 0 Å². The first-order valence-corrected chi connectivity index (χ1v) is 5.78. The number of hydrogen-bond acceptors (Lipinski definition) is 3. The first-order valence-electron chi connectivity index (χ1n) is 4.95. The minimum absolute atomic E-state index is 0.202. The van der Waals surface area contributed by atoms with Crippen molar-refractivity contribution in [2.45, 2.75) is 26.2 Å². The van der Waals surface area contributed by atoms with Crippen LogP contribution in [0.1, 0.15) is 26.3 Å². The molecule has 1 aromatic carbocycles. The molecular formula is C12H14N2S. The summed E-state index contributed by atoms with van der Waals surface area (Å²) >= 11 is 1.38. The van der Waals surface area contributed by atoms with Crippen LogP contribution >= 0.6 is 11.5 Å². The Kier molecular flexibility index (Phi) is 2.57. The number of benzene rings is 1. The molecule has 78 valence electrons. The quantitative estimate of drug-likeness (QED) is 0.732. The van der Waals surface area contributed by atoms with E-state index in [2.05, 4.69) is 54.4 Å². The lowest BCUT2D eigenvalue weighted by Gasteiger charge is -2.18. The van der Waals surface area contributed by atoms with Crippen molar-refractivity contribution in [3.8, 4) is 11.4 Å². The maximum Gasteiger partial charge on any atom is 0.172 e. The Hall–Kier alpha value is -1.22. The van der Waals surface area contributed by atoms with Gasteiger partial charge in [0.15, 0.2) is 5.82 Å².